The van der Waals surface area contributed by atoms with Crippen molar-refractivity contribution in [3.05, 3.63) is 78.1 Å². The fraction of sp³-hybridized carbons (Fsp3) is 0.344. The standard InChI is InChI=1S/C32H37N3O4/c1-6-7-12-30-34-27-18-17-25(33-20-22(2)36)19-28(27)35(30)21-23-13-15-24(16-14-23)26-10-8-9-11-29(26)38-31(37)39-32(3,4)5/h8-11,13-19,33H,6-7,12,20-21H2,1-5H3. The van der Waals surface area contributed by atoms with Crippen molar-refractivity contribution in [1.82, 2.24) is 9.55 Å². The second-order valence-corrected chi connectivity index (χ2v) is 10.7. The predicted molar refractivity (Wildman–Crippen MR) is 155 cm³/mol. The Balaban J connectivity index is 1.60. The van der Waals surface area contributed by atoms with Crippen LogP contribution in [0, 0.1) is 0 Å². The second kappa shape index (κ2) is 12.2. The van der Waals surface area contributed by atoms with Crippen LogP contribution in [0.1, 0.15) is 58.8 Å². The van der Waals surface area contributed by atoms with Crippen LogP contribution < -0.4 is 10.1 Å². The summed E-state index contributed by atoms with van der Waals surface area (Å²) in [5.74, 6) is 1.59. The van der Waals surface area contributed by atoms with Crippen LogP contribution in [0.25, 0.3) is 22.2 Å². The molecule has 0 saturated heterocycles. The van der Waals surface area contributed by atoms with Crippen molar-refractivity contribution < 1.29 is 19.1 Å². The Labute approximate surface area is 230 Å². The van der Waals surface area contributed by atoms with E-state index in [-0.39, 0.29) is 5.78 Å². The Bertz CT molecular complexity index is 1450. The quantitative estimate of drug-likeness (QED) is 0.171. The van der Waals surface area contributed by atoms with Crippen molar-refractivity contribution >= 4 is 28.7 Å². The molecule has 1 heterocycles. The molecule has 0 bridgehead atoms. The van der Waals surface area contributed by atoms with Crippen molar-refractivity contribution in [2.45, 2.75) is 66.0 Å². The lowest BCUT2D eigenvalue weighted by Gasteiger charge is -2.19. The number of carbonyl (C=O) groups is 2. The van der Waals surface area contributed by atoms with Gasteiger partial charge in [-0.05, 0) is 69.5 Å². The Morgan fingerprint density at radius 3 is 2.44 bits per heavy atom. The number of aryl methyl sites for hydroxylation is 1. The highest BCUT2D eigenvalue weighted by atomic mass is 16.7. The van der Waals surface area contributed by atoms with Crippen molar-refractivity contribution in [1.29, 1.82) is 0 Å². The van der Waals surface area contributed by atoms with Crippen molar-refractivity contribution in [2.24, 2.45) is 0 Å². The highest BCUT2D eigenvalue weighted by Gasteiger charge is 2.19. The number of ether oxygens (including phenoxy) is 2. The van der Waals surface area contributed by atoms with Crippen LogP contribution in [-0.4, -0.2) is 33.6 Å². The van der Waals surface area contributed by atoms with Gasteiger partial charge in [-0.25, -0.2) is 9.78 Å². The largest absolute Gasteiger partial charge is 0.514 e. The van der Waals surface area contributed by atoms with E-state index in [1.54, 1.807) is 33.8 Å². The van der Waals surface area contributed by atoms with Gasteiger partial charge >= 0.3 is 6.16 Å². The first kappa shape index (κ1) is 27.9. The van der Waals surface area contributed by atoms with Crippen LogP contribution in [0.2, 0.25) is 0 Å². The number of hydrogen-bond donors (Lipinski definition) is 1. The summed E-state index contributed by atoms with van der Waals surface area (Å²) in [5, 5.41) is 3.20. The summed E-state index contributed by atoms with van der Waals surface area (Å²) < 4.78 is 13.1. The molecule has 0 aliphatic heterocycles. The summed E-state index contributed by atoms with van der Waals surface area (Å²) in [7, 11) is 0. The van der Waals surface area contributed by atoms with Crippen LogP contribution in [0.5, 0.6) is 5.75 Å². The maximum Gasteiger partial charge on any atom is 0.514 e. The van der Waals surface area contributed by atoms with Gasteiger partial charge in [-0.15, -0.1) is 0 Å². The molecule has 0 amide bonds. The first-order valence-electron chi connectivity index (χ1n) is 13.4. The molecule has 0 unspecified atom stereocenters. The fourth-order valence-electron chi connectivity index (χ4n) is 4.34. The molecule has 4 rings (SSSR count). The molecule has 7 heteroatoms. The van der Waals surface area contributed by atoms with E-state index in [0.29, 0.717) is 18.8 Å². The van der Waals surface area contributed by atoms with Gasteiger partial charge in [0.25, 0.3) is 0 Å². The SMILES string of the molecule is CCCCc1nc2ccc(NCC(C)=O)cc2n1Cc1ccc(-c2ccccc2OC(=O)OC(C)(C)C)cc1. The Morgan fingerprint density at radius 2 is 1.74 bits per heavy atom. The van der Waals surface area contributed by atoms with Crippen molar-refractivity contribution in [3.63, 3.8) is 0 Å². The van der Waals surface area contributed by atoms with Gasteiger partial charge in [-0.2, -0.15) is 0 Å². The maximum absolute atomic E-state index is 12.3. The molecule has 0 spiro atoms. The molecule has 0 fully saturated rings. The van der Waals surface area contributed by atoms with Gasteiger partial charge in [0.15, 0.2) is 0 Å². The highest BCUT2D eigenvalue weighted by molar-refractivity contribution is 5.84. The Hall–Kier alpha value is -4.13. The molecule has 1 aromatic heterocycles. The van der Waals surface area contributed by atoms with Crippen LogP contribution in [0.15, 0.2) is 66.7 Å². The zero-order chi connectivity index (χ0) is 28.0. The van der Waals surface area contributed by atoms with Gasteiger partial charge in [-0.3, -0.25) is 4.79 Å². The van der Waals surface area contributed by atoms with E-state index >= 15 is 0 Å². The first-order chi connectivity index (χ1) is 18.6. The minimum absolute atomic E-state index is 0.0883. The van der Waals surface area contributed by atoms with Gasteiger partial charge in [0.2, 0.25) is 0 Å². The van der Waals surface area contributed by atoms with Crippen LogP contribution in [-0.2, 0) is 22.5 Å². The number of para-hydroxylation sites is 1. The minimum Gasteiger partial charge on any atom is -0.428 e. The maximum atomic E-state index is 12.3. The Morgan fingerprint density at radius 1 is 1.00 bits per heavy atom. The molecule has 0 radical (unpaired) electrons. The predicted octanol–water partition coefficient (Wildman–Crippen LogP) is 7.41. The zero-order valence-corrected chi connectivity index (χ0v) is 23.4. The van der Waals surface area contributed by atoms with Crippen LogP contribution in [0.4, 0.5) is 10.5 Å². The average molecular weight is 528 g/mol. The van der Waals surface area contributed by atoms with E-state index in [0.717, 1.165) is 58.5 Å². The number of Topliss-reactive ketones (excluding diaryl/α,β-unsaturated/α-hetero) is 1. The number of carbonyl (C=O) groups excluding carboxylic acids is 2. The summed E-state index contributed by atoms with van der Waals surface area (Å²) in [6, 6.07) is 21.7. The molecule has 204 valence electrons. The van der Waals surface area contributed by atoms with Crippen molar-refractivity contribution in [3.8, 4) is 16.9 Å². The molecule has 39 heavy (non-hydrogen) atoms. The summed E-state index contributed by atoms with van der Waals surface area (Å²) in [6.45, 7) is 10.1. The normalized spacial score (nSPS) is 11.4. The number of aromatic nitrogens is 2. The monoisotopic (exact) mass is 527 g/mol. The number of fused-ring (bicyclic) bond motifs is 1. The third-order valence-corrected chi connectivity index (χ3v) is 6.20. The molecular formula is C32H37N3O4. The van der Waals surface area contributed by atoms with Gasteiger partial charge < -0.3 is 19.4 Å². The number of anilines is 1. The minimum atomic E-state index is -0.727. The molecule has 0 aliphatic rings. The number of nitrogens with one attached hydrogen (secondary N) is 1. The second-order valence-electron chi connectivity index (χ2n) is 10.7. The molecule has 1 N–H and O–H groups in total. The van der Waals surface area contributed by atoms with E-state index in [1.807, 2.05) is 42.5 Å². The zero-order valence-electron chi connectivity index (χ0n) is 23.4. The van der Waals surface area contributed by atoms with E-state index < -0.39 is 11.8 Å². The van der Waals surface area contributed by atoms with E-state index in [2.05, 4.69) is 35.0 Å². The van der Waals surface area contributed by atoms with Gasteiger partial charge in [0.05, 0.1) is 17.6 Å². The third kappa shape index (κ3) is 7.47. The van der Waals surface area contributed by atoms with Gasteiger partial charge in [0.1, 0.15) is 23.0 Å². The molecule has 3 aromatic carbocycles. The number of benzene rings is 3. The molecule has 0 saturated carbocycles. The number of nitrogens with zero attached hydrogens (tertiary/aromatic N) is 2. The van der Waals surface area contributed by atoms with Crippen LogP contribution in [0.3, 0.4) is 0 Å². The lowest BCUT2D eigenvalue weighted by Crippen LogP contribution is -2.26. The van der Waals surface area contributed by atoms with E-state index in [9.17, 15) is 9.59 Å². The summed E-state index contributed by atoms with van der Waals surface area (Å²) in [6.07, 6.45) is 2.32. The molecule has 0 aliphatic carbocycles. The number of rotatable bonds is 10. The number of unbranched alkanes of at least 4 members (excludes halogenated alkanes) is 1. The number of ketones is 1. The fourth-order valence-corrected chi connectivity index (χ4v) is 4.34. The number of imidazole rings is 1. The van der Waals surface area contributed by atoms with Gasteiger partial charge in [-0.1, -0.05) is 55.8 Å². The summed E-state index contributed by atoms with van der Waals surface area (Å²) >= 11 is 0. The lowest BCUT2D eigenvalue weighted by atomic mass is 10.0. The molecule has 7 nitrogen and oxygen atoms in total. The van der Waals surface area contributed by atoms with Gasteiger partial charge in [0, 0.05) is 24.2 Å². The van der Waals surface area contributed by atoms with E-state index in [1.165, 1.54) is 0 Å². The van der Waals surface area contributed by atoms with Crippen LogP contribution >= 0.6 is 0 Å². The molecular weight excluding hydrogens is 490 g/mol. The van der Waals surface area contributed by atoms with Crippen molar-refractivity contribution in [2.75, 3.05) is 11.9 Å². The Kier molecular flexibility index (Phi) is 8.69. The smallest absolute Gasteiger partial charge is 0.428 e. The summed E-state index contributed by atoms with van der Waals surface area (Å²) in [5.41, 5.74) is 5.13. The average Bonchev–Trinajstić information content (AvgIpc) is 3.22. The lowest BCUT2D eigenvalue weighted by molar-refractivity contribution is -0.115. The summed E-state index contributed by atoms with van der Waals surface area (Å²) in [4.78, 5) is 28.7. The molecule has 4 aromatic rings. The topological polar surface area (TPSA) is 82.5 Å². The van der Waals surface area contributed by atoms with E-state index in [4.69, 9.17) is 14.5 Å². The molecule has 0 atom stereocenters. The number of hydrogen-bond acceptors (Lipinski definition) is 6. The third-order valence-electron chi connectivity index (χ3n) is 6.20. The first-order valence-corrected chi connectivity index (χ1v) is 13.4. The highest BCUT2D eigenvalue weighted by Crippen LogP contribution is 2.31.